The highest BCUT2D eigenvalue weighted by atomic mass is 79.9. The SMILES string of the molecule is N#Cc1cc(Br)cc(Oc2c(N)ccc(CC(=O)O)c2F)c1. The van der Waals surface area contributed by atoms with E-state index in [1.807, 2.05) is 6.07 Å². The van der Waals surface area contributed by atoms with Crippen LogP contribution >= 0.6 is 15.9 Å². The normalized spacial score (nSPS) is 10.0. The first kappa shape index (κ1) is 15.8. The Labute approximate surface area is 133 Å². The number of nitriles is 1. The van der Waals surface area contributed by atoms with Crippen LogP contribution < -0.4 is 10.5 Å². The third-order valence-corrected chi connectivity index (χ3v) is 3.23. The Morgan fingerprint density at radius 2 is 2.14 bits per heavy atom. The Balaban J connectivity index is 2.43. The molecule has 112 valence electrons. The lowest BCUT2D eigenvalue weighted by molar-refractivity contribution is -0.136. The highest BCUT2D eigenvalue weighted by Gasteiger charge is 2.16. The standard InChI is InChI=1S/C15H10BrFN2O3/c16-10-3-8(7-18)4-11(6-10)22-15-12(19)2-1-9(14(15)17)5-13(20)21/h1-4,6H,5,19H2,(H,20,21). The molecular formula is C15H10BrFN2O3. The van der Waals surface area contributed by atoms with Crippen molar-refractivity contribution in [2.24, 2.45) is 0 Å². The maximum absolute atomic E-state index is 14.3. The van der Waals surface area contributed by atoms with Crippen LogP contribution in [0.2, 0.25) is 0 Å². The van der Waals surface area contributed by atoms with E-state index >= 15 is 0 Å². The van der Waals surface area contributed by atoms with Crippen LogP contribution in [0.1, 0.15) is 11.1 Å². The number of nitrogens with two attached hydrogens (primary N) is 1. The van der Waals surface area contributed by atoms with Gasteiger partial charge in [-0.15, -0.1) is 0 Å². The predicted molar refractivity (Wildman–Crippen MR) is 81.1 cm³/mol. The number of rotatable bonds is 4. The second kappa shape index (κ2) is 6.45. The van der Waals surface area contributed by atoms with Gasteiger partial charge in [0.2, 0.25) is 0 Å². The van der Waals surface area contributed by atoms with Crippen molar-refractivity contribution < 1.29 is 19.0 Å². The lowest BCUT2D eigenvalue weighted by Crippen LogP contribution is -2.05. The number of anilines is 1. The van der Waals surface area contributed by atoms with Gasteiger partial charge in [-0.1, -0.05) is 22.0 Å². The van der Waals surface area contributed by atoms with E-state index in [4.69, 9.17) is 20.8 Å². The number of hydrogen-bond donors (Lipinski definition) is 2. The molecule has 0 amide bonds. The van der Waals surface area contributed by atoms with Crippen LogP contribution in [0.25, 0.3) is 0 Å². The number of hydrogen-bond acceptors (Lipinski definition) is 4. The Morgan fingerprint density at radius 3 is 2.77 bits per heavy atom. The first-order valence-corrected chi connectivity index (χ1v) is 6.87. The number of nitrogens with zero attached hydrogens (tertiary/aromatic N) is 1. The van der Waals surface area contributed by atoms with Gasteiger partial charge in [-0.3, -0.25) is 4.79 Å². The van der Waals surface area contributed by atoms with Crippen molar-refractivity contribution in [3.8, 4) is 17.6 Å². The van der Waals surface area contributed by atoms with Crippen LogP contribution in [0, 0.1) is 17.1 Å². The minimum absolute atomic E-state index is 0.0325. The smallest absolute Gasteiger partial charge is 0.307 e. The molecule has 0 spiro atoms. The van der Waals surface area contributed by atoms with Gasteiger partial charge in [-0.25, -0.2) is 4.39 Å². The molecule has 0 atom stereocenters. The molecule has 0 radical (unpaired) electrons. The number of aliphatic carboxylic acids is 1. The monoisotopic (exact) mass is 364 g/mol. The number of carboxylic acid groups (broad SMARTS) is 1. The highest BCUT2D eigenvalue weighted by Crippen LogP contribution is 2.34. The number of carbonyl (C=O) groups is 1. The van der Waals surface area contributed by atoms with Crippen LogP contribution in [0.5, 0.6) is 11.5 Å². The molecule has 0 aliphatic heterocycles. The minimum Gasteiger partial charge on any atom is -0.481 e. The molecule has 0 fully saturated rings. The quantitative estimate of drug-likeness (QED) is 0.809. The zero-order valence-electron chi connectivity index (χ0n) is 11.1. The lowest BCUT2D eigenvalue weighted by Gasteiger charge is -2.12. The van der Waals surface area contributed by atoms with Crippen molar-refractivity contribution in [3.05, 3.63) is 51.7 Å². The fraction of sp³-hybridized carbons (Fsp3) is 0.0667. The summed E-state index contributed by atoms with van der Waals surface area (Å²) in [6, 6.07) is 9.17. The lowest BCUT2D eigenvalue weighted by atomic mass is 10.1. The van der Waals surface area contributed by atoms with Crippen LogP contribution in [-0.4, -0.2) is 11.1 Å². The average molecular weight is 365 g/mol. The van der Waals surface area contributed by atoms with Crippen LogP contribution in [0.3, 0.4) is 0 Å². The number of benzene rings is 2. The van der Waals surface area contributed by atoms with Gasteiger partial charge in [0.05, 0.1) is 23.7 Å². The maximum Gasteiger partial charge on any atom is 0.307 e. The Kier molecular flexibility index (Phi) is 4.63. The second-order valence-electron chi connectivity index (χ2n) is 4.42. The molecule has 2 rings (SSSR count). The summed E-state index contributed by atoms with van der Waals surface area (Å²) in [5, 5.41) is 17.7. The van der Waals surface area contributed by atoms with Gasteiger partial charge in [0.25, 0.3) is 0 Å². The summed E-state index contributed by atoms with van der Waals surface area (Å²) in [6.07, 6.45) is -0.482. The molecule has 0 saturated carbocycles. The summed E-state index contributed by atoms with van der Waals surface area (Å²) in [6.45, 7) is 0. The van der Waals surface area contributed by atoms with E-state index in [2.05, 4.69) is 15.9 Å². The van der Waals surface area contributed by atoms with Gasteiger partial charge in [0.15, 0.2) is 11.6 Å². The van der Waals surface area contributed by atoms with Crippen molar-refractivity contribution in [3.63, 3.8) is 0 Å². The Hall–Kier alpha value is -2.59. The van der Waals surface area contributed by atoms with Gasteiger partial charge in [0, 0.05) is 10.0 Å². The molecule has 0 unspecified atom stereocenters. The maximum atomic E-state index is 14.3. The summed E-state index contributed by atoms with van der Waals surface area (Å²) in [5.74, 6) is -2.05. The number of ether oxygens (including phenoxy) is 1. The Bertz CT molecular complexity index is 787. The van der Waals surface area contributed by atoms with E-state index in [1.54, 1.807) is 12.1 Å². The van der Waals surface area contributed by atoms with Crippen LogP contribution in [-0.2, 0) is 11.2 Å². The first-order chi connectivity index (χ1) is 10.4. The number of nitrogen functional groups attached to an aromatic ring is 1. The van der Waals surface area contributed by atoms with E-state index in [0.717, 1.165) is 0 Å². The van der Waals surface area contributed by atoms with E-state index in [-0.39, 0.29) is 22.7 Å². The Morgan fingerprint density at radius 1 is 1.41 bits per heavy atom. The van der Waals surface area contributed by atoms with Crippen molar-refractivity contribution in [1.29, 1.82) is 5.26 Å². The molecule has 0 aromatic heterocycles. The molecule has 0 aliphatic carbocycles. The van der Waals surface area contributed by atoms with Crippen molar-refractivity contribution in [2.45, 2.75) is 6.42 Å². The second-order valence-corrected chi connectivity index (χ2v) is 5.33. The summed E-state index contributed by atoms with van der Waals surface area (Å²) < 4.78 is 20.3. The fourth-order valence-corrected chi connectivity index (χ4v) is 2.29. The van der Waals surface area contributed by atoms with Crippen LogP contribution in [0.4, 0.5) is 10.1 Å². The molecule has 0 aliphatic rings. The predicted octanol–water partition coefficient (Wildman–Crippen LogP) is 3.46. The summed E-state index contributed by atoms with van der Waals surface area (Å²) in [5.41, 5.74) is 6.01. The zero-order valence-corrected chi connectivity index (χ0v) is 12.7. The zero-order chi connectivity index (χ0) is 16.3. The number of halogens is 2. The molecule has 7 heteroatoms. The van der Waals surface area contributed by atoms with Gasteiger partial charge < -0.3 is 15.6 Å². The molecule has 2 aromatic carbocycles. The average Bonchev–Trinajstić information content (AvgIpc) is 2.45. The first-order valence-electron chi connectivity index (χ1n) is 6.08. The summed E-state index contributed by atoms with van der Waals surface area (Å²) in [4.78, 5) is 10.7. The molecule has 0 heterocycles. The highest BCUT2D eigenvalue weighted by molar-refractivity contribution is 9.10. The largest absolute Gasteiger partial charge is 0.481 e. The van der Waals surface area contributed by atoms with E-state index in [1.165, 1.54) is 18.2 Å². The van der Waals surface area contributed by atoms with E-state index < -0.39 is 18.2 Å². The third-order valence-electron chi connectivity index (χ3n) is 2.77. The van der Waals surface area contributed by atoms with Crippen LogP contribution in [0.15, 0.2) is 34.8 Å². The van der Waals surface area contributed by atoms with Gasteiger partial charge in [-0.2, -0.15) is 5.26 Å². The van der Waals surface area contributed by atoms with E-state index in [0.29, 0.717) is 10.0 Å². The molecule has 22 heavy (non-hydrogen) atoms. The number of carboxylic acids is 1. The molecule has 5 nitrogen and oxygen atoms in total. The molecule has 0 bridgehead atoms. The topological polar surface area (TPSA) is 96.3 Å². The molecule has 3 N–H and O–H groups in total. The van der Waals surface area contributed by atoms with Crippen molar-refractivity contribution >= 4 is 27.6 Å². The third kappa shape index (κ3) is 3.54. The van der Waals surface area contributed by atoms with Crippen molar-refractivity contribution in [1.82, 2.24) is 0 Å². The molecule has 0 saturated heterocycles. The molecular weight excluding hydrogens is 355 g/mol. The van der Waals surface area contributed by atoms with Crippen molar-refractivity contribution in [2.75, 3.05) is 5.73 Å². The fourth-order valence-electron chi connectivity index (χ4n) is 1.82. The van der Waals surface area contributed by atoms with Gasteiger partial charge >= 0.3 is 5.97 Å². The summed E-state index contributed by atoms with van der Waals surface area (Å²) in [7, 11) is 0. The van der Waals surface area contributed by atoms with Gasteiger partial charge in [0.1, 0.15) is 5.75 Å². The summed E-state index contributed by atoms with van der Waals surface area (Å²) >= 11 is 3.22. The van der Waals surface area contributed by atoms with Gasteiger partial charge in [-0.05, 0) is 24.3 Å². The van der Waals surface area contributed by atoms with E-state index in [9.17, 15) is 9.18 Å². The minimum atomic E-state index is -1.16. The molecule has 2 aromatic rings.